The molecule has 0 atom stereocenters. The molecule has 0 aliphatic rings. The Balaban J connectivity index is 2.42. The number of aryl methyl sites for hydroxylation is 1. The van der Waals surface area contributed by atoms with Gasteiger partial charge in [-0.3, -0.25) is 9.82 Å². The van der Waals surface area contributed by atoms with Gasteiger partial charge in [-0.15, -0.1) is 0 Å². The van der Waals surface area contributed by atoms with Crippen molar-refractivity contribution in [1.82, 2.24) is 10.2 Å². The normalized spacial score (nSPS) is 11.4. The number of hydrogen-bond acceptors (Lipinski definition) is 4. The highest BCUT2D eigenvalue weighted by Gasteiger charge is 2.20. The van der Waals surface area contributed by atoms with Gasteiger partial charge in [0, 0.05) is 10.5 Å². The fourth-order valence-corrected chi connectivity index (χ4v) is 4.17. The number of benzene rings is 1. The summed E-state index contributed by atoms with van der Waals surface area (Å²) >= 11 is 6.63. The first-order chi connectivity index (χ1) is 9.35. The number of aromatic nitrogens is 2. The highest BCUT2D eigenvalue weighted by molar-refractivity contribution is 9.11. The van der Waals surface area contributed by atoms with Crippen LogP contribution in [0.3, 0.4) is 0 Å². The number of aromatic amines is 1. The number of ether oxygens (including phenoxy) is 1. The second kappa shape index (κ2) is 5.74. The van der Waals surface area contributed by atoms with Crippen LogP contribution in [0.4, 0.5) is 5.69 Å². The summed E-state index contributed by atoms with van der Waals surface area (Å²) in [4.78, 5) is 0.103. The van der Waals surface area contributed by atoms with Crippen molar-refractivity contribution in [3.05, 3.63) is 33.0 Å². The van der Waals surface area contributed by atoms with Crippen molar-refractivity contribution < 1.29 is 13.2 Å². The SMILES string of the molecule is COc1cc(NS(=O)(=O)c2cn[nH]c2C)c(Br)cc1Br. The van der Waals surface area contributed by atoms with Crippen LogP contribution in [0.25, 0.3) is 0 Å². The van der Waals surface area contributed by atoms with E-state index in [-0.39, 0.29) is 4.90 Å². The van der Waals surface area contributed by atoms with Crippen molar-refractivity contribution in [3.8, 4) is 5.75 Å². The van der Waals surface area contributed by atoms with E-state index in [1.807, 2.05) is 0 Å². The number of sulfonamides is 1. The fourth-order valence-electron chi connectivity index (χ4n) is 1.57. The van der Waals surface area contributed by atoms with Crippen LogP contribution >= 0.6 is 31.9 Å². The predicted octanol–water partition coefficient (Wildman–Crippen LogP) is 3.05. The van der Waals surface area contributed by atoms with E-state index in [4.69, 9.17) is 4.74 Å². The lowest BCUT2D eigenvalue weighted by atomic mass is 10.3. The quantitative estimate of drug-likeness (QED) is 0.789. The second-order valence-electron chi connectivity index (χ2n) is 3.93. The van der Waals surface area contributed by atoms with E-state index in [2.05, 4.69) is 46.8 Å². The Morgan fingerprint density at radius 3 is 2.55 bits per heavy atom. The largest absolute Gasteiger partial charge is 0.495 e. The Kier molecular flexibility index (Phi) is 4.40. The molecule has 0 saturated carbocycles. The summed E-state index contributed by atoms with van der Waals surface area (Å²) < 4.78 is 33.5. The minimum atomic E-state index is -3.71. The maximum absolute atomic E-state index is 12.3. The molecule has 0 aliphatic heterocycles. The summed E-state index contributed by atoms with van der Waals surface area (Å²) in [5.41, 5.74) is 0.850. The smallest absolute Gasteiger partial charge is 0.265 e. The molecule has 1 aromatic heterocycles. The number of nitrogens with one attached hydrogen (secondary N) is 2. The average molecular weight is 425 g/mol. The highest BCUT2D eigenvalue weighted by Crippen LogP contribution is 2.35. The van der Waals surface area contributed by atoms with Gasteiger partial charge in [-0.2, -0.15) is 5.10 Å². The van der Waals surface area contributed by atoms with Gasteiger partial charge in [-0.25, -0.2) is 8.42 Å². The molecular formula is C11H11Br2N3O3S. The third-order valence-electron chi connectivity index (χ3n) is 2.56. The van der Waals surface area contributed by atoms with Crippen LogP contribution in [0.15, 0.2) is 32.2 Å². The van der Waals surface area contributed by atoms with Crippen LogP contribution in [0.1, 0.15) is 5.69 Å². The van der Waals surface area contributed by atoms with Crippen molar-refractivity contribution in [3.63, 3.8) is 0 Å². The molecule has 2 aromatic rings. The average Bonchev–Trinajstić information content (AvgIpc) is 2.79. The number of rotatable bonds is 4. The molecule has 2 N–H and O–H groups in total. The summed E-state index contributed by atoms with van der Waals surface area (Å²) in [6.07, 6.45) is 1.27. The number of anilines is 1. The number of halogens is 2. The maximum atomic E-state index is 12.3. The predicted molar refractivity (Wildman–Crippen MR) is 82.5 cm³/mol. The van der Waals surface area contributed by atoms with Crippen molar-refractivity contribution in [2.45, 2.75) is 11.8 Å². The van der Waals surface area contributed by atoms with Gasteiger partial charge >= 0.3 is 0 Å². The van der Waals surface area contributed by atoms with Gasteiger partial charge in [0.2, 0.25) is 0 Å². The van der Waals surface area contributed by atoms with Crippen molar-refractivity contribution in [1.29, 1.82) is 0 Å². The van der Waals surface area contributed by atoms with Gasteiger partial charge in [0.1, 0.15) is 10.6 Å². The topological polar surface area (TPSA) is 84.1 Å². The molecule has 0 bridgehead atoms. The van der Waals surface area contributed by atoms with Crippen LogP contribution < -0.4 is 9.46 Å². The zero-order valence-corrected chi connectivity index (χ0v) is 14.6. The zero-order chi connectivity index (χ0) is 14.9. The summed E-state index contributed by atoms with van der Waals surface area (Å²) in [6, 6.07) is 3.29. The first-order valence-corrected chi connectivity index (χ1v) is 8.48. The van der Waals surface area contributed by atoms with Gasteiger partial charge < -0.3 is 4.74 Å². The van der Waals surface area contributed by atoms with Crippen molar-refractivity contribution >= 4 is 47.6 Å². The van der Waals surface area contributed by atoms with Crippen LogP contribution in [0, 0.1) is 6.92 Å². The standard InChI is InChI=1S/C11H11Br2N3O3S/c1-6-11(5-14-15-6)20(17,18)16-9-4-10(19-2)8(13)3-7(9)12/h3-5,16H,1-2H3,(H,14,15). The van der Waals surface area contributed by atoms with E-state index in [9.17, 15) is 8.42 Å². The molecule has 6 nitrogen and oxygen atoms in total. The molecule has 0 unspecified atom stereocenters. The lowest BCUT2D eigenvalue weighted by molar-refractivity contribution is 0.412. The maximum Gasteiger partial charge on any atom is 0.265 e. The number of methoxy groups -OCH3 is 1. The first-order valence-electron chi connectivity index (χ1n) is 5.41. The molecule has 9 heteroatoms. The summed E-state index contributed by atoms with van der Waals surface area (Å²) in [6.45, 7) is 1.64. The summed E-state index contributed by atoms with van der Waals surface area (Å²) in [7, 11) is -2.20. The van der Waals surface area contributed by atoms with E-state index in [1.165, 1.54) is 13.3 Å². The number of hydrogen-bond donors (Lipinski definition) is 2. The number of nitrogens with zero attached hydrogens (tertiary/aromatic N) is 1. The highest BCUT2D eigenvalue weighted by atomic mass is 79.9. The first kappa shape index (κ1) is 15.3. The summed E-state index contributed by atoms with van der Waals surface area (Å²) in [5, 5.41) is 6.31. The van der Waals surface area contributed by atoms with Gasteiger partial charge in [0.25, 0.3) is 10.0 Å². The third kappa shape index (κ3) is 2.99. The molecule has 0 aliphatic carbocycles. The van der Waals surface area contributed by atoms with E-state index in [0.717, 1.165) is 0 Å². The Hall–Kier alpha value is -1.06. The molecule has 0 radical (unpaired) electrons. The Bertz CT molecular complexity index is 743. The fraction of sp³-hybridized carbons (Fsp3) is 0.182. The van der Waals surface area contributed by atoms with Gasteiger partial charge in [0.15, 0.2) is 0 Å². The minimum absolute atomic E-state index is 0.103. The molecule has 1 heterocycles. The zero-order valence-electron chi connectivity index (χ0n) is 10.6. The van der Waals surface area contributed by atoms with Crippen LogP contribution in [0.2, 0.25) is 0 Å². The van der Waals surface area contributed by atoms with Gasteiger partial charge in [-0.05, 0) is 44.8 Å². The van der Waals surface area contributed by atoms with Crippen LogP contribution in [-0.4, -0.2) is 25.7 Å². The monoisotopic (exact) mass is 423 g/mol. The third-order valence-corrected chi connectivity index (χ3v) is 5.31. The van der Waals surface area contributed by atoms with Crippen molar-refractivity contribution in [2.75, 3.05) is 11.8 Å². The summed E-state index contributed by atoms with van der Waals surface area (Å²) in [5.74, 6) is 0.523. The van der Waals surface area contributed by atoms with Gasteiger partial charge in [-0.1, -0.05) is 0 Å². The number of H-pyrrole nitrogens is 1. The van der Waals surface area contributed by atoms with Crippen molar-refractivity contribution in [2.24, 2.45) is 0 Å². The molecule has 1 aromatic carbocycles. The molecule has 0 amide bonds. The minimum Gasteiger partial charge on any atom is -0.495 e. The van der Waals surface area contributed by atoms with E-state index < -0.39 is 10.0 Å². The molecule has 2 rings (SSSR count). The molecule has 108 valence electrons. The van der Waals surface area contributed by atoms with Crippen LogP contribution in [0.5, 0.6) is 5.75 Å². The molecule has 20 heavy (non-hydrogen) atoms. The van der Waals surface area contributed by atoms with Crippen LogP contribution in [-0.2, 0) is 10.0 Å². The molecular weight excluding hydrogens is 414 g/mol. The molecule has 0 saturated heterocycles. The lowest BCUT2D eigenvalue weighted by Gasteiger charge is -2.12. The van der Waals surface area contributed by atoms with Gasteiger partial charge in [0.05, 0.1) is 29.2 Å². The van der Waals surface area contributed by atoms with E-state index in [1.54, 1.807) is 19.1 Å². The second-order valence-corrected chi connectivity index (χ2v) is 7.29. The Morgan fingerprint density at radius 1 is 1.30 bits per heavy atom. The van der Waals surface area contributed by atoms with E-state index in [0.29, 0.717) is 26.1 Å². The Labute approximate surface area is 133 Å². The Morgan fingerprint density at radius 2 is 2.00 bits per heavy atom. The van der Waals surface area contributed by atoms with E-state index >= 15 is 0 Å². The molecule has 0 spiro atoms. The molecule has 0 fully saturated rings. The lowest BCUT2D eigenvalue weighted by Crippen LogP contribution is -2.14.